The smallest absolute Gasteiger partial charge is 0.389 e. The molecule has 7 heteroatoms. The van der Waals surface area contributed by atoms with Crippen molar-refractivity contribution in [1.82, 2.24) is 4.90 Å². The van der Waals surface area contributed by atoms with Crippen molar-refractivity contribution < 1.29 is 13.2 Å². The van der Waals surface area contributed by atoms with E-state index in [1.54, 1.807) is 0 Å². The van der Waals surface area contributed by atoms with E-state index < -0.39 is 11.7 Å². The van der Waals surface area contributed by atoms with Gasteiger partial charge in [0.25, 0.3) is 0 Å². The Kier molecular flexibility index (Phi) is 6.42. The van der Waals surface area contributed by atoms with Crippen LogP contribution in [0.3, 0.4) is 0 Å². The molecule has 0 aromatic heterocycles. The molecule has 0 aliphatic carbocycles. The van der Waals surface area contributed by atoms with Gasteiger partial charge in [-0.3, -0.25) is 0 Å². The number of hydrogen-bond donors (Lipinski definition) is 2. The van der Waals surface area contributed by atoms with Crippen LogP contribution in [0.25, 0.3) is 0 Å². The molecule has 0 amide bonds. The maximum Gasteiger partial charge on any atom is 0.417 e. The minimum absolute atomic E-state index is 0.148. The molecule has 3 N–H and O–H groups in total. The summed E-state index contributed by atoms with van der Waals surface area (Å²) in [5.74, 6) is 0. The predicted molar refractivity (Wildman–Crippen MR) is 83.6 cm³/mol. The minimum Gasteiger partial charge on any atom is -0.389 e. The monoisotopic (exact) mass is 319 g/mol. The first-order chi connectivity index (χ1) is 9.79. The molecule has 21 heavy (non-hydrogen) atoms. The van der Waals surface area contributed by atoms with E-state index in [4.69, 9.17) is 18.0 Å². The first-order valence-corrected chi connectivity index (χ1v) is 7.17. The Morgan fingerprint density at radius 2 is 1.90 bits per heavy atom. The van der Waals surface area contributed by atoms with Crippen molar-refractivity contribution in [1.29, 1.82) is 0 Å². The highest BCUT2D eigenvalue weighted by atomic mass is 32.1. The summed E-state index contributed by atoms with van der Waals surface area (Å²) in [6.07, 6.45) is -4.46. The van der Waals surface area contributed by atoms with Crippen LogP contribution in [-0.2, 0) is 6.18 Å². The maximum absolute atomic E-state index is 12.8. The van der Waals surface area contributed by atoms with Crippen LogP contribution in [0.5, 0.6) is 0 Å². The van der Waals surface area contributed by atoms with Crippen molar-refractivity contribution in [2.45, 2.75) is 20.0 Å². The molecule has 0 saturated heterocycles. The fourth-order valence-corrected chi connectivity index (χ4v) is 2.17. The first-order valence-electron chi connectivity index (χ1n) is 6.76. The zero-order valence-electron chi connectivity index (χ0n) is 12.1. The fraction of sp³-hybridized carbons (Fsp3) is 0.500. The third kappa shape index (κ3) is 5.17. The van der Waals surface area contributed by atoms with Gasteiger partial charge in [-0.1, -0.05) is 26.1 Å². The summed E-state index contributed by atoms with van der Waals surface area (Å²) in [7, 11) is 0. The summed E-state index contributed by atoms with van der Waals surface area (Å²) in [6.45, 7) is 7.45. The number of nitrogens with one attached hydrogen (secondary N) is 1. The number of halogens is 3. The van der Waals surface area contributed by atoms with Gasteiger partial charge in [0, 0.05) is 24.3 Å². The lowest BCUT2D eigenvalue weighted by atomic mass is 10.1. The van der Waals surface area contributed by atoms with E-state index in [-0.39, 0.29) is 10.6 Å². The summed E-state index contributed by atoms with van der Waals surface area (Å²) >= 11 is 4.71. The lowest BCUT2D eigenvalue weighted by Crippen LogP contribution is -2.28. The van der Waals surface area contributed by atoms with Crippen molar-refractivity contribution >= 4 is 22.9 Å². The van der Waals surface area contributed by atoms with Crippen LogP contribution in [0.4, 0.5) is 18.9 Å². The fourth-order valence-electron chi connectivity index (χ4n) is 2.00. The number of alkyl halides is 3. The number of nitrogens with zero attached hydrogens (tertiary/aromatic N) is 1. The predicted octanol–water partition coefficient (Wildman–Crippen LogP) is 3.09. The van der Waals surface area contributed by atoms with Crippen molar-refractivity contribution in [2.24, 2.45) is 5.73 Å². The van der Waals surface area contributed by atoms with Gasteiger partial charge in [0.05, 0.1) is 5.56 Å². The summed E-state index contributed by atoms with van der Waals surface area (Å²) in [6, 6.07) is 3.76. The molecule has 118 valence electrons. The molecule has 3 nitrogen and oxygen atoms in total. The molecule has 0 spiro atoms. The molecule has 0 aliphatic heterocycles. The average Bonchev–Trinajstić information content (AvgIpc) is 2.42. The highest BCUT2D eigenvalue weighted by molar-refractivity contribution is 7.80. The Morgan fingerprint density at radius 1 is 1.29 bits per heavy atom. The van der Waals surface area contributed by atoms with Gasteiger partial charge in [0.2, 0.25) is 0 Å². The molecule has 0 saturated carbocycles. The van der Waals surface area contributed by atoms with Gasteiger partial charge in [0.15, 0.2) is 0 Å². The van der Waals surface area contributed by atoms with E-state index in [0.717, 1.165) is 25.7 Å². The number of likely N-dealkylation sites (N-methyl/N-ethyl adjacent to an activating group) is 1. The largest absolute Gasteiger partial charge is 0.417 e. The quantitative estimate of drug-likeness (QED) is 0.758. The van der Waals surface area contributed by atoms with E-state index in [2.05, 4.69) is 24.1 Å². The lowest BCUT2D eigenvalue weighted by Gasteiger charge is -2.19. The highest BCUT2D eigenvalue weighted by Crippen LogP contribution is 2.33. The molecular weight excluding hydrogens is 299 g/mol. The van der Waals surface area contributed by atoms with Crippen LogP contribution in [0.15, 0.2) is 18.2 Å². The molecule has 0 bridgehead atoms. The van der Waals surface area contributed by atoms with E-state index in [1.807, 2.05) is 0 Å². The molecular formula is C14H20F3N3S. The third-order valence-electron chi connectivity index (χ3n) is 3.24. The molecule has 0 unspecified atom stereocenters. The third-order valence-corrected chi connectivity index (χ3v) is 3.46. The normalized spacial score (nSPS) is 11.7. The van der Waals surface area contributed by atoms with E-state index in [0.29, 0.717) is 12.2 Å². The molecule has 0 aliphatic rings. The molecule has 0 atom stereocenters. The Bertz CT molecular complexity index is 485. The van der Waals surface area contributed by atoms with Crippen molar-refractivity contribution in [3.63, 3.8) is 0 Å². The van der Waals surface area contributed by atoms with Gasteiger partial charge in [-0.25, -0.2) is 0 Å². The molecule has 1 aromatic rings. The van der Waals surface area contributed by atoms with Crippen LogP contribution in [0.1, 0.15) is 25.0 Å². The van der Waals surface area contributed by atoms with Crippen LogP contribution < -0.4 is 11.1 Å². The van der Waals surface area contributed by atoms with Crippen LogP contribution in [0.2, 0.25) is 0 Å². The molecule has 0 radical (unpaired) electrons. The Morgan fingerprint density at radius 3 is 2.38 bits per heavy atom. The lowest BCUT2D eigenvalue weighted by molar-refractivity contribution is -0.137. The highest BCUT2D eigenvalue weighted by Gasteiger charge is 2.33. The van der Waals surface area contributed by atoms with Gasteiger partial charge in [-0.15, -0.1) is 0 Å². The number of thiocarbonyl (C=S) groups is 1. The number of hydrogen-bond acceptors (Lipinski definition) is 3. The number of nitrogens with two attached hydrogens (primary N) is 1. The van der Waals surface area contributed by atoms with Crippen molar-refractivity contribution in [3.05, 3.63) is 29.3 Å². The van der Waals surface area contributed by atoms with Crippen LogP contribution in [-0.4, -0.2) is 36.1 Å². The molecule has 1 rings (SSSR count). The summed E-state index contributed by atoms with van der Waals surface area (Å²) in [5.41, 5.74) is 5.03. The minimum atomic E-state index is -4.46. The van der Waals surface area contributed by atoms with Gasteiger partial charge in [-0.2, -0.15) is 13.2 Å². The number of rotatable bonds is 7. The topological polar surface area (TPSA) is 41.3 Å². The second kappa shape index (κ2) is 7.61. The Labute approximate surface area is 128 Å². The maximum atomic E-state index is 12.8. The van der Waals surface area contributed by atoms with Gasteiger partial charge in [-0.05, 0) is 31.3 Å². The van der Waals surface area contributed by atoms with Crippen molar-refractivity contribution in [3.8, 4) is 0 Å². The number of anilines is 1. The second-order valence-electron chi connectivity index (χ2n) is 4.58. The zero-order chi connectivity index (χ0) is 16.0. The van der Waals surface area contributed by atoms with Gasteiger partial charge < -0.3 is 16.0 Å². The Hall–Kier alpha value is -1.34. The Balaban J connectivity index is 2.82. The van der Waals surface area contributed by atoms with E-state index in [9.17, 15) is 13.2 Å². The molecule has 1 aromatic carbocycles. The molecule has 0 fully saturated rings. The summed E-state index contributed by atoms with van der Waals surface area (Å²) < 4.78 is 38.5. The summed E-state index contributed by atoms with van der Waals surface area (Å²) in [4.78, 5) is 1.96. The van der Waals surface area contributed by atoms with E-state index in [1.165, 1.54) is 12.1 Å². The van der Waals surface area contributed by atoms with Crippen molar-refractivity contribution in [2.75, 3.05) is 31.5 Å². The van der Waals surface area contributed by atoms with Crippen LogP contribution >= 0.6 is 12.2 Å². The standard InChI is InChI=1S/C14H20F3N3S/c1-3-20(4-2)8-7-19-10-5-6-12(14(15,16)17)11(9-10)13(18)21/h5-6,9,19H,3-4,7-8H2,1-2H3,(H2,18,21). The number of benzene rings is 1. The first kappa shape index (κ1) is 17.7. The van der Waals surface area contributed by atoms with E-state index >= 15 is 0 Å². The zero-order valence-corrected chi connectivity index (χ0v) is 12.9. The van der Waals surface area contributed by atoms with Crippen LogP contribution in [0, 0.1) is 0 Å². The second-order valence-corrected chi connectivity index (χ2v) is 5.02. The summed E-state index contributed by atoms with van der Waals surface area (Å²) in [5, 5.41) is 3.09. The van der Waals surface area contributed by atoms with Gasteiger partial charge in [0.1, 0.15) is 4.99 Å². The molecule has 0 heterocycles. The SMILES string of the molecule is CCN(CC)CCNc1ccc(C(F)(F)F)c(C(N)=S)c1. The van der Waals surface area contributed by atoms with Gasteiger partial charge >= 0.3 is 6.18 Å². The average molecular weight is 319 g/mol.